The molecule has 0 unspecified atom stereocenters. The second kappa shape index (κ2) is 6.53. The summed E-state index contributed by atoms with van der Waals surface area (Å²) in [5, 5.41) is 0. The molecule has 0 aromatic carbocycles. The molecule has 0 aliphatic heterocycles. The summed E-state index contributed by atoms with van der Waals surface area (Å²) in [6.07, 6.45) is 0. The predicted octanol–water partition coefficient (Wildman–Crippen LogP) is -8.00. The van der Waals surface area contributed by atoms with Crippen LogP contribution in [0.1, 0.15) is 0 Å². The van der Waals surface area contributed by atoms with Gasteiger partial charge in [-0.3, -0.25) is 0 Å². The van der Waals surface area contributed by atoms with Gasteiger partial charge in [-0.2, -0.15) is 0 Å². The van der Waals surface area contributed by atoms with Crippen molar-refractivity contribution in [1.29, 1.82) is 0 Å². The average Bonchev–Trinajstić information content (AvgIpc) is 1.25. The fourth-order valence-electron chi connectivity index (χ4n) is 0. The summed E-state index contributed by atoms with van der Waals surface area (Å²) < 4.78 is 55.2. The van der Waals surface area contributed by atoms with E-state index in [2.05, 4.69) is 0 Å². The Hall–Kier alpha value is 3.09. The first kappa shape index (κ1) is 18.8. The Bertz CT molecular complexity index is 226. The summed E-state index contributed by atoms with van der Waals surface area (Å²) in [5.41, 5.74) is 0. The minimum absolute atomic E-state index is 0. The van der Waals surface area contributed by atoms with Gasteiger partial charge in [0.2, 0.25) is 0 Å². The number of hydrogen-bond acceptors (Lipinski definition) is 6. The molecule has 0 aromatic heterocycles. The fraction of sp³-hybridized carbons (Fsp3) is 0. The number of hydrogen-bond donors (Lipinski definition) is 0. The van der Waals surface area contributed by atoms with Crippen molar-refractivity contribution in [2.75, 3.05) is 0 Å². The van der Waals surface area contributed by atoms with Gasteiger partial charge in [-0.1, -0.05) is 0 Å². The molecule has 10 heavy (non-hydrogen) atoms. The molecule has 6 nitrogen and oxygen atoms in total. The molecule has 0 heterocycles. The second-order valence-electron chi connectivity index (χ2n) is 0.816. The molecule has 0 amide bonds. The van der Waals surface area contributed by atoms with Crippen LogP contribution in [0.4, 0.5) is 0 Å². The van der Waals surface area contributed by atoms with Gasteiger partial charge in [0.15, 0.2) is 18.3 Å². The van der Waals surface area contributed by atoms with E-state index in [1.165, 1.54) is 0 Å². The molecule has 0 saturated heterocycles. The van der Waals surface area contributed by atoms with Crippen LogP contribution in [0.2, 0.25) is 0 Å². The molecule has 0 bridgehead atoms. The summed E-state index contributed by atoms with van der Waals surface area (Å²) in [4.78, 5) is 0. The van der Waals surface area contributed by atoms with Gasteiger partial charge >= 0.3 is 103 Å². The molecule has 0 aromatic rings. The molecule has 0 radical (unpaired) electrons. The van der Waals surface area contributed by atoms with Gasteiger partial charge in [0.1, 0.15) is 0 Å². The van der Waals surface area contributed by atoms with Crippen molar-refractivity contribution in [2.24, 2.45) is 0 Å². The number of rotatable bonds is 1. The molecule has 50 valence electrons. The third-order valence-electron chi connectivity index (χ3n) is 0.250. The third-order valence-corrected chi connectivity index (χ3v) is 2.25. The van der Waals surface area contributed by atoms with Gasteiger partial charge in [0.05, 0.1) is 0 Å². The minimum atomic E-state index is -5.67. The van der Waals surface area contributed by atoms with Crippen LogP contribution in [0, 0.1) is 0 Å². The molecule has 10 heteroatoms. The molecule has 0 spiro atoms. The van der Waals surface area contributed by atoms with E-state index < -0.39 is 18.3 Å². The van der Waals surface area contributed by atoms with Crippen LogP contribution in [0.3, 0.4) is 0 Å². The van der Waals surface area contributed by atoms with Crippen LogP contribution >= 0.6 is 0 Å². The zero-order valence-corrected chi connectivity index (χ0v) is 13.1. The maximum atomic E-state index is 9.20. The largest absolute Gasteiger partial charge is 1.00 e. The zero-order valence-electron chi connectivity index (χ0n) is 5.27. The third kappa shape index (κ3) is 7.73. The summed E-state index contributed by atoms with van der Waals surface area (Å²) in [7, 11) is -11.3. The van der Waals surface area contributed by atoms with Crippen LogP contribution in [-0.4, -0.2) is 25.9 Å². The van der Waals surface area contributed by atoms with Crippen molar-refractivity contribution in [3.8, 4) is 0 Å². The van der Waals surface area contributed by atoms with Gasteiger partial charge in [0, 0.05) is 0 Å². The van der Waals surface area contributed by atoms with E-state index in [-0.39, 0.29) is 103 Å². The maximum Gasteiger partial charge on any atom is 1.00 e. The Morgan fingerprint density at radius 3 is 0.800 bits per heavy atom. The molecule has 0 rings (SSSR count). The van der Waals surface area contributed by atoms with Crippen molar-refractivity contribution in [3.63, 3.8) is 0 Å². The summed E-state index contributed by atoms with van der Waals surface area (Å²) in [5.74, 6) is 0. The van der Waals surface area contributed by atoms with Gasteiger partial charge < -0.3 is 9.11 Å². The quantitative estimate of drug-likeness (QED) is 0.254. The maximum absolute atomic E-state index is 9.20. The first-order chi connectivity index (χ1) is 3.25. The smallest absolute Gasteiger partial charge is 0.736 e. The standard InChI is InChI=1S/2K.H2O6S2/c;;1-7(2,3)8(4,5)6/h;;(H,1,2,3)(H,4,5,6)/q2*+1;/p-2. The molecular weight excluding hydrogens is 238 g/mol. The van der Waals surface area contributed by atoms with Crippen LogP contribution in [0.5, 0.6) is 0 Å². The Labute approximate surface area is 143 Å². The SMILES string of the molecule is O=S(=O)([O-])S(=O)(=O)[O-].[K+].[K+]. The van der Waals surface area contributed by atoms with E-state index in [9.17, 15) is 25.9 Å². The summed E-state index contributed by atoms with van der Waals surface area (Å²) in [6.45, 7) is 0. The first-order valence-corrected chi connectivity index (χ1v) is 4.50. The van der Waals surface area contributed by atoms with E-state index >= 15 is 0 Å². The van der Waals surface area contributed by atoms with Crippen molar-refractivity contribution >= 4 is 18.3 Å². The van der Waals surface area contributed by atoms with Gasteiger partial charge in [-0.25, -0.2) is 16.8 Å². The minimum Gasteiger partial charge on any atom is -0.736 e. The Morgan fingerprint density at radius 1 is 0.700 bits per heavy atom. The van der Waals surface area contributed by atoms with Crippen LogP contribution in [0.25, 0.3) is 0 Å². The monoisotopic (exact) mass is 238 g/mol. The van der Waals surface area contributed by atoms with Crippen molar-refractivity contribution in [2.45, 2.75) is 0 Å². The Morgan fingerprint density at radius 2 is 0.800 bits per heavy atom. The molecule has 0 N–H and O–H groups in total. The fourth-order valence-corrected chi connectivity index (χ4v) is 0. The van der Waals surface area contributed by atoms with E-state index in [1.807, 2.05) is 0 Å². The van der Waals surface area contributed by atoms with E-state index in [0.717, 1.165) is 0 Å². The van der Waals surface area contributed by atoms with Crippen LogP contribution < -0.4 is 103 Å². The van der Waals surface area contributed by atoms with Crippen molar-refractivity contribution in [1.82, 2.24) is 0 Å². The van der Waals surface area contributed by atoms with Crippen molar-refractivity contribution in [3.05, 3.63) is 0 Å². The summed E-state index contributed by atoms with van der Waals surface area (Å²) >= 11 is 0. The van der Waals surface area contributed by atoms with Gasteiger partial charge in [-0.05, 0) is 0 Å². The van der Waals surface area contributed by atoms with E-state index in [0.29, 0.717) is 0 Å². The Kier molecular flexibility index (Phi) is 12.3. The second-order valence-corrected chi connectivity index (χ2v) is 4.90. The Balaban J connectivity index is -0.000000245. The molecule has 0 saturated carbocycles. The van der Waals surface area contributed by atoms with Gasteiger partial charge in [-0.15, -0.1) is 0 Å². The van der Waals surface area contributed by atoms with Crippen LogP contribution in [0.15, 0.2) is 0 Å². The molecule has 0 fully saturated rings. The summed E-state index contributed by atoms with van der Waals surface area (Å²) in [6, 6.07) is 0. The average molecular weight is 238 g/mol. The zero-order chi connectivity index (χ0) is 7.00. The topological polar surface area (TPSA) is 114 Å². The molecule has 0 aliphatic rings. The molecule has 0 atom stereocenters. The van der Waals surface area contributed by atoms with E-state index in [1.54, 1.807) is 0 Å². The molecular formula is K2O6S2. The normalized spacial score (nSPS) is 11.0. The molecule has 0 aliphatic carbocycles. The first-order valence-electron chi connectivity index (χ1n) is 1.17. The van der Waals surface area contributed by atoms with E-state index in [4.69, 9.17) is 0 Å². The van der Waals surface area contributed by atoms with Gasteiger partial charge in [0.25, 0.3) is 0 Å². The van der Waals surface area contributed by atoms with Crippen LogP contribution in [-0.2, 0) is 18.3 Å². The predicted molar refractivity (Wildman–Crippen MR) is 19.4 cm³/mol. The van der Waals surface area contributed by atoms with Crippen molar-refractivity contribution < 1.29 is 129 Å².